The van der Waals surface area contributed by atoms with Gasteiger partial charge in [-0.25, -0.2) is 0 Å². The van der Waals surface area contributed by atoms with E-state index in [1.807, 2.05) is 19.9 Å². The van der Waals surface area contributed by atoms with E-state index in [1.54, 1.807) is 6.08 Å². The number of hydrogen-bond donors (Lipinski definition) is 0. The molecule has 80 valence electrons. The van der Waals surface area contributed by atoms with Gasteiger partial charge in [0.1, 0.15) is 0 Å². The largest absolute Gasteiger partial charge is 0.300 e. The molecule has 0 saturated heterocycles. The minimum atomic E-state index is 0.125. The molecule has 0 N–H and O–H groups in total. The molecular weight excluding hydrogens is 174 g/mol. The Morgan fingerprint density at radius 3 is 2.57 bits per heavy atom. The lowest BCUT2D eigenvalue weighted by Crippen LogP contribution is -2.37. The highest BCUT2D eigenvalue weighted by Gasteiger charge is 2.20. The third-order valence-electron chi connectivity index (χ3n) is 2.94. The molecule has 0 amide bonds. The first-order valence-electron chi connectivity index (χ1n) is 5.52. The highest BCUT2D eigenvalue weighted by molar-refractivity contribution is 5.91. The van der Waals surface area contributed by atoms with Crippen LogP contribution in [0.3, 0.4) is 0 Å². The quantitative estimate of drug-likeness (QED) is 0.627. The van der Waals surface area contributed by atoms with Gasteiger partial charge in [-0.05, 0) is 26.0 Å². The van der Waals surface area contributed by atoms with Gasteiger partial charge in [0.05, 0.1) is 0 Å². The van der Waals surface area contributed by atoms with Gasteiger partial charge in [0.15, 0.2) is 5.78 Å². The Labute approximate surface area is 87.0 Å². The summed E-state index contributed by atoms with van der Waals surface area (Å²) in [5, 5.41) is 0. The summed E-state index contributed by atoms with van der Waals surface area (Å²) < 4.78 is 0. The Morgan fingerprint density at radius 1 is 1.50 bits per heavy atom. The molecule has 0 aromatic carbocycles. The molecule has 0 aromatic heterocycles. The van der Waals surface area contributed by atoms with Crippen LogP contribution in [-0.4, -0.2) is 30.3 Å². The van der Waals surface area contributed by atoms with Gasteiger partial charge in [-0.3, -0.25) is 9.69 Å². The fraction of sp³-hybridized carbons (Fsp3) is 0.750. The summed E-state index contributed by atoms with van der Waals surface area (Å²) in [6.45, 7) is 4.77. The van der Waals surface area contributed by atoms with Gasteiger partial charge in [0.25, 0.3) is 0 Å². The summed E-state index contributed by atoms with van der Waals surface area (Å²) in [5.41, 5.74) is 0. The number of hydrogen-bond acceptors (Lipinski definition) is 2. The van der Waals surface area contributed by atoms with Gasteiger partial charge in [-0.2, -0.15) is 0 Å². The van der Waals surface area contributed by atoms with E-state index in [4.69, 9.17) is 0 Å². The average Bonchev–Trinajstić information content (AvgIpc) is 2.00. The standard InChI is InChI=1S/C12H21NO/c1-10(2)12(14)8-5-9-13(3)11-6-4-7-11/h5,8,10-11H,4,6-7,9H2,1-3H3/b8-5+. The fourth-order valence-corrected chi connectivity index (χ4v) is 1.50. The molecule has 2 nitrogen and oxygen atoms in total. The van der Waals surface area contributed by atoms with Crippen LogP contribution < -0.4 is 0 Å². The molecule has 1 saturated carbocycles. The highest BCUT2D eigenvalue weighted by atomic mass is 16.1. The predicted octanol–water partition coefficient (Wildman–Crippen LogP) is 2.25. The first-order chi connectivity index (χ1) is 6.61. The third kappa shape index (κ3) is 3.26. The molecule has 0 unspecified atom stereocenters. The third-order valence-corrected chi connectivity index (χ3v) is 2.94. The lowest BCUT2D eigenvalue weighted by atomic mass is 9.92. The van der Waals surface area contributed by atoms with E-state index in [9.17, 15) is 4.79 Å². The second-order valence-corrected chi connectivity index (χ2v) is 4.48. The molecule has 0 spiro atoms. The molecule has 0 aliphatic heterocycles. The molecule has 0 heterocycles. The first kappa shape index (κ1) is 11.4. The zero-order valence-electron chi connectivity index (χ0n) is 9.49. The van der Waals surface area contributed by atoms with Crippen molar-refractivity contribution < 1.29 is 4.79 Å². The molecule has 1 rings (SSSR count). The van der Waals surface area contributed by atoms with Gasteiger partial charge < -0.3 is 0 Å². The van der Waals surface area contributed by atoms with Crippen LogP contribution in [0.1, 0.15) is 33.1 Å². The zero-order chi connectivity index (χ0) is 10.6. The van der Waals surface area contributed by atoms with Crippen molar-refractivity contribution in [3.63, 3.8) is 0 Å². The predicted molar refractivity (Wildman–Crippen MR) is 59.3 cm³/mol. The number of carbonyl (C=O) groups is 1. The Bertz CT molecular complexity index is 216. The van der Waals surface area contributed by atoms with Crippen molar-refractivity contribution >= 4 is 5.78 Å². The van der Waals surface area contributed by atoms with Crippen molar-refractivity contribution in [2.75, 3.05) is 13.6 Å². The van der Waals surface area contributed by atoms with Crippen LogP contribution in [0.5, 0.6) is 0 Å². The highest BCUT2D eigenvalue weighted by Crippen LogP contribution is 2.23. The van der Waals surface area contributed by atoms with Gasteiger partial charge >= 0.3 is 0 Å². The number of ketones is 1. The van der Waals surface area contributed by atoms with Crippen LogP contribution in [0.2, 0.25) is 0 Å². The summed E-state index contributed by atoms with van der Waals surface area (Å²) >= 11 is 0. The molecule has 0 bridgehead atoms. The Morgan fingerprint density at radius 2 is 2.14 bits per heavy atom. The van der Waals surface area contributed by atoms with Crippen molar-refractivity contribution in [1.29, 1.82) is 0 Å². The molecule has 0 aromatic rings. The van der Waals surface area contributed by atoms with E-state index >= 15 is 0 Å². The lowest BCUT2D eigenvalue weighted by Gasteiger charge is -2.33. The smallest absolute Gasteiger partial charge is 0.157 e. The van der Waals surface area contributed by atoms with Gasteiger partial charge in [0.2, 0.25) is 0 Å². The molecule has 14 heavy (non-hydrogen) atoms. The van der Waals surface area contributed by atoms with E-state index in [-0.39, 0.29) is 11.7 Å². The number of allylic oxidation sites excluding steroid dienone is 1. The number of likely N-dealkylation sites (N-methyl/N-ethyl adjacent to an activating group) is 1. The maximum absolute atomic E-state index is 11.3. The summed E-state index contributed by atoms with van der Waals surface area (Å²) in [6.07, 6.45) is 7.72. The number of carbonyl (C=O) groups excluding carboxylic acids is 1. The Hall–Kier alpha value is -0.630. The van der Waals surface area contributed by atoms with Crippen LogP contribution >= 0.6 is 0 Å². The lowest BCUT2D eigenvalue weighted by molar-refractivity contribution is -0.117. The van der Waals surface area contributed by atoms with Gasteiger partial charge in [-0.15, -0.1) is 0 Å². The van der Waals surface area contributed by atoms with Crippen molar-refractivity contribution in [3.8, 4) is 0 Å². The molecule has 2 heteroatoms. The van der Waals surface area contributed by atoms with E-state index in [0.717, 1.165) is 12.6 Å². The monoisotopic (exact) mass is 195 g/mol. The summed E-state index contributed by atoms with van der Waals surface area (Å²) in [5.74, 6) is 0.354. The van der Waals surface area contributed by atoms with E-state index < -0.39 is 0 Å². The second-order valence-electron chi connectivity index (χ2n) is 4.48. The summed E-state index contributed by atoms with van der Waals surface area (Å²) in [6, 6.07) is 0.758. The second kappa shape index (κ2) is 5.30. The Balaban J connectivity index is 2.21. The van der Waals surface area contributed by atoms with Crippen molar-refractivity contribution in [2.45, 2.75) is 39.2 Å². The van der Waals surface area contributed by atoms with E-state index in [1.165, 1.54) is 19.3 Å². The minimum Gasteiger partial charge on any atom is -0.300 e. The molecule has 1 fully saturated rings. The number of nitrogens with zero attached hydrogens (tertiary/aromatic N) is 1. The van der Waals surface area contributed by atoms with Crippen LogP contribution in [-0.2, 0) is 4.79 Å². The van der Waals surface area contributed by atoms with Gasteiger partial charge in [-0.1, -0.05) is 26.3 Å². The maximum Gasteiger partial charge on any atom is 0.157 e. The van der Waals surface area contributed by atoms with E-state index in [0.29, 0.717) is 0 Å². The first-order valence-corrected chi connectivity index (χ1v) is 5.52. The average molecular weight is 195 g/mol. The van der Waals surface area contributed by atoms with Gasteiger partial charge in [0, 0.05) is 18.5 Å². The Kier molecular flexibility index (Phi) is 4.33. The van der Waals surface area contributed by atoms with Crippen molar-refractivity contribution in [3.05, 3.63) is 12.2 Å². The normalized spacial score (nSPS) is 18.1. The van der Waals surface area contributed by atoms with Crippen molar-refractivity contribution in [2.24, 2.45) is 5.92 Å². The topological polar surface area (TPSA) is 20.3 Å². The minimum absolute atomic E-state index is 0.125. The molecular formula is C12H21NO. The van der Waals surface area contributed by atoms with Crippen molar-refractivity contribution in [1.82, 2.24) is 4.90 Å². The summed E-state index contributed by atoms with van der Waals surface area (Å²) in [4.78, 5) is 13.6. The molecule has 0 radical (unpaired) electrons. The van der Waals surface area contributed by atoms with Crippen LogP contribution in [0.25, 0.3) is 0 Å². The maximum atomic E-state index is 11.3. The van der Waals surface area contributed by atoms with Crippen LogP contribution in [0, 0.1) is 5.92 Å². The SMILES string of the molecule is CC(C)C(=O)/C=C/CN(C)C1CCC1. The zero-order valence-corrected chi connectivity index (χ0v) is 9.49. The molecule has 1 aliphatic rings. The van der Waals surface area contributed by atoms with Crippen LogP contribution in [0.15, 0.2) is 12.2 Å². The summed E-state index contributed by atoms with van der Waals surface area (Å²) in [7, 11) is 2.13. The molecule has 1 aliphatic carbocycles. The molecule has 0 atom stereocenters. The fourth-order valence-electron chi connectivity index (χ4n) is 1.50. The van der Waals surface area contributed by atoms with Crippen LogP contribution in [0.4, 0.5) is 0 Å². The van der Waals surface area contributed by atoms with E-state index in [2.05, 4.69) is 11.9 Å². The number of rotatable bonds is 5.